The Morgan fingerprint density at radius 2 is 2.20 bits per heavy atom. The van der Waals surface area contributed by atoms with Gasteiger partial charge in [0.1, 0.15) is 17.0 Å². The van der Waals surface area contributed by atoms with Gasteiger partial charge in [-0.3, -0.25) is 0 Å². The van der Waals surface area contributed by atoms with E-state index in [0.29, 0.717) is 12.6 Å². The molecular weight excluding hydrogens is 318 g/mol. The highest BCUT2D eigenvalue weighted by Crippen LogP contribution is 2.36. The molecule has 1 amide bonds. The monoisotopic (exact) mass is 341 g/mol. The first kappa shape index (κ1) is 15.9. The molecule has 7 nitrogen and oxygen atoms in total. The fourth-order valence-electron chi connectivity index (χ4n) is 3.88. The number of carbonyl (C=O) groups is 1. The highest BCUT2D eigenvalue weighted by Gasteiger charge is 2.25. The number of imidazole rings is 1. The number of nitrogens with zero attached hydrogens (tertiary/aromatic N) is 3. The van der Waals surface area contributed by atoms with Crippen LogP contribution in [0.5, 0.6) is 0 Å². The fraction of sp³-hybridized carbons (Fsp3) is 0.500. The van der Waals surface area contributed by atoms with Crippen molar-refractivity contribution in [2.45, 2.75) is 45.2 Å². The Hall–Kier alpha value is -2.57. The van der Waals surface area contributed by atoms with Gasteiger partial charge in [0, 0.05) is 17.6 Å². The second kappa shape index (κ2) is 6.38. The number of H-pyrrole nitrogens is 1. The number of aromatic amines is 1. The third-order valence-electron chi connectivity index (χ3n) is 5.23. The van der Waals surface area contributed by atoms with Crippen LogP contribution in [0.4, 0.5) is 4.79 Å². The smallest absolute Gasteiger partial charge is 0.407 e. The quantitative estimate of drug-likeness (QED) is 0.763. The number of alkyl carbamates (subject to hydrolysis) is 1. The van der Waals surface area contributed by atoms with Crippen LogP contribution in [0.25, 0.3) is 22.1 Å². The number of aromatic nitrogens is 4. The molecule has 0 unspecified atom stereocenters. The predicted molar refractivity (Wildman–Crippen MR) is 95.3 cm³/mol. The van der Waals surface area contributed by atoms with Crippen LogP contribution in [0.15, 0.2) is 18.5 Å². The van der Waals surface area contributed by atoms with Crippen molar-refractivity contribution >= 4 is 28.2 Å². The van der Waals surface area contributed by atoms with Gasteiger partial charge in [0.05, 0.1) is 25.4 Å². The molecule has 1 aliphatic carbocycles. The number of pyridine rings is 1. The molecule has 3 aromatic heterocycles. The molecule has 4 rings (SSSR count). The van der Waals surface area contributed by atoms with E-state index < -0.39 is 6.09 Å². The van der Waals surface area contributed by atoms with Crippen LogP contribution in [0.3, 0.4) is 0 Å². The van der Waals surface area contributed by atoms with Gasteiger partial charge in [-0.15, -0.1) is 0 Å². The molecule has 0 saturated heterocycles. The van der Waals surface area contributed by atoms with Crippen molar-refractivity contribution < 1.29 is 9.53 Å². The lowest BCUT2D eigenvalue weighted by Gasteiger charge is -2.29. The van der Waals surface area contributed by atoms with Crippen LogP contribution >= 0.6 is 0 Å². The summed E-state index contributed by atoms with van der Waals surface area (Å²) in [5.41, 5.74) is 2.84. The molecule has 3 heterocycles. The molecule has 0 spiro atoms. The van der Waals surface area contributed by atoms with Crippen LogP contribution in [0, 0.1) is 5.92 Å². The highest BCUT2D eigenvalue weighted by atomic mass is 16.5. The van der Waals surface area contributed by atoms with Crippen LogP contribution < -0.4 is 5.32 Å². The van der Waals surface area contributed by atoms with Gasteiger partial charge in [0.15, 0.2) is 0 Å². The number of methoxy groups -OCH3 is 1. The number of nitrogens with one attached hydrogen (secondary N) is 2. The summed E-state index contributed by atoms with van der Waals surface area (Å²) in [6.45, 7) is 2.66. The Morgan fingerprint density at radius 1 is 1.40 bits per heavy atom. The van der Waals surface area contributed by atoms with Gasteiger partial charge >= 0.3 is 6.09 Å². The van der Waals surface area contributed by atoms with E-state index in [1.807, 2.05) is 12.3 Å². The lowest BCUT2D eigenvalue weighted by Crippen LogP contribution is -2.26. The maximum atomic E-state index is 11.5. The number of carbonyl (C=O) groups excluding carboxylic acids is 1. The molecule has 1 aliphatic rings. The Labute approximate surface area is 145 Å². The van der Waals surface area contributed by atoms with E-state index in [4.69, 9.17) is 9.72 Å². The minimum absolute atomic E-state index is 0.347. The number of amides is 1. The molecule has 2 N–H and O–H groups in total. The molecular formula is C18H23N5O2. The summed E-state index contributed by atoms with van der Waals surface area (Å²) < 4.78 is 7.01. The highest BCUT2D eigenvalue weighted by molar-refractivity contribution is 6.01. The molecule has 0 atom stereocenters. The van der Waals surface area contributed by atoms with Crippen molar-refractivity contribution in [1.29, 1.82) is 0 Å². The Kier molecular flexibility index (Phi) is 4.07. The van der Waals surface area contributed by atoms with Crippen molar-refractivity contribution in [3.8, 4) is 0 Å². The van der Waals surface area contributed by atoms with Crippen molar-refractivity contribution in [3.05, 3.63) is 24.3 Å². The van der Waals surface area contributed by atoms with E-state index >= 15 is 0 Å². The van der Waals surface area contributed by atoms with Gasteiger partial charge in [-0.05, 0) is 37.7 Å². The third kappa shape index (κ3) is 2.83. The summed E-state index contributed by atoms with van der Waals surface area (Å²) in [4.78, 5) is 23.9. The van der Waals surface area contributed by atoms with Crippen LogP contribution in [0.1, 0.15) is 44.5 Å². The number of hydrogen-bond acceptors (Lipinski definition) is 4. The van der Waals surface area contributed by atoms with Crippen molar-refractivity contribution in [1.82, 2.24) is 24.8 Å². The van der Waals surface area contributed by atoms with Gasteiger partial charge in [-0.2, -0.15) is 0 Å². The van der Waals surface area contributed by atoms with E-state index in [1.54, 1.807) is 6.20 Å². The normalized spacial score (nSPS) is 20.9. The lowest BCUT2D eigenvalue weighted by molar-refractivity contribution is 0.170. The molecule has 0 bridgehead atoms. The zero-order valence-corrected chi connectivity index (χ0v) is 14.6. The Morgan fingerprint density at radius 3 is 2.96 bits per heavy atom. The largest absolute Gasteiger partial charge is 0.453 e. The first-order valence-corrected chi connectivity index (χ1v) is 8.82. The number of fused-ring (bicyclic) bond motifs is 3. The minimum Gasteiger partial charge on any atom is -0.453 e. The van der Waals surface area contributed by atoms with Gasteiger partial charge in [0.25, 0.3) is 0 Å². The summed E-state index contributed by atoms with van der Waals surface area (Å²) in [7, 11) is 1.37. The molecule has 7 heteroatoms. The van der Waals surface area contributed by atoms with Crippen LogP contribution in [0.2, 0.25) is 0 Å². The second-order valence-corrected chi connectivity index (χ2v) is 6.89. The molecule has 1 fully saturated rings. The average Bonchev–Trinajstić information content (AvgIpc) is 3.23. The number of hydrogen-bond donors (Lipinski definition) is 2. The summed E-state index contributed by atoms with van der Waals surface area (Å²) in [5, 5.41) is 3.84. The zero-order valence-electron chi connectivity index (χ0n) is 14.6. The Bertz CT molecular complexity index is 905. The first-order chi connectivity index (χ1) is 12.2. The van der Waals surface area contributed by atoms with Gasteiger partial charge in [-0.1, -0.05) is 6.92 Å². The van der Waals surface area contributed by atoms with E-state index in [0.717, 1.165) is 46.7 Å². The molecule has 0 aromatic carbocycles. The second-order valence-electron chi connectivity index (χ2n) is 6.89. The SMILES string of the molecule is COC(=O)NCc1nc2cnc3[nH]ccc3c2n1C1CCC(C)CC1. The van der Waals surface area contributed by atoms with E-state index in [-0.39, 0.29) is 0 Å². The maximum absolute atomic E-state index is 11.5. The van der Waals surface area contributed by atoms with E-state index in [2.05, 4.69) is 26.8 Å². The van der Waals surface area contributed by atoms with Crippen LogP contribution in [-0.4, -0.2) is 32.7 Å². The lowest BCUT2D eigenvalue weighted by atomic mass is 9.87. The van der Waals surface area contributed by atoms with Crippen molar-refractivity contribution in [3.63, 3.8) is 0 Å². The molecule has 0 radical (unpaired) electrons. The summed E-state index contributed by atoms with van der Waals surface area (Å²) in [6, 6.07) is 2.45. The molecule has 3 aromatic rings. The molecule has 132 valence electrons. The molecule has 1 saturated carbocycles. The fourth-order valence-corrected chi connectivity index (χ4v) is 3.88. The summed E-state index contributed by atoms with van der Waals surface area (Å²) in [5.74, 6) is 1.63. The standard InChI is InChI=1S/C18H23N5O2/c1-11-3-5-12(6-4-11)23-15(10-21-18(24)25-2)22-14-9-20-17-13(16(14)23)7-8-19-17/h7-9,11-12H,3-6,10H2,1-2H3,(H,19,20)(H,21,24). The number of rotatable bonds is 3. The average molecular weight is 341 g/mol. The van der Waals surface area contributed by atoms with Crippen LogP contribution in [-0.2, 0) is 11.3 Å². The maximum Gasteiger partial charge on any atom is 0.407 e. The summed E-state index contributed by atoms with van der Waals surface area (Å²) in [6.07, 6.45) is 7.96. The van der Waals surface area contributed by atoms with E-state index in [1.165, 1.54) is 20.0 Å². The van der Waals surface area contributed by atoms with Crippen molar-refractivity contribution in [2.24, 2.45) is 5.92 Å². The van der Waals surface area contributed by atoms with E-state index in [9.17, 15) is 4.79 Å². The van der Waals surface area contributed by atoms with Gasteiger partial charge in [-0.25, -0.2) is 14.8 Å². The predicted octanol–water partition coefficient (Wildman–Crippen LogP) is 3.52. The van der Waals surface area contributed by atoms with Gasteiger partial charge in [0.2, 0.25) is 0 Å². The summed E-state index contributed by atoms with van der Waals surface area (Å²) >= 11 is 0. The third-order valence-corrected chi connectivity index (χ3v) is 5.23. The van der Waals surface area contributed by atoms with Crippen molar-refractivity contribution in [2.75, 3.05) is 7.11 Å². The topological polar surface area (TPSA) is 84.8 Å². The molecule has 0 aliphatic heterocycles. The van der Waals surface area contributed by atoms with Gasteiger partial charge < -0.3 is 19.6 Å². The first-order valence-electron chi connectivity index (χ1n) is 8.82. The Balaban J connectivity index is 1.82. The number of ether oxygens (including phenoxy) is 1. The molecule has 25 heavy (non-hydrogen) atoms. The minimum atomic E-state index is -0.444. The zero-order chi connectivity index (χ0) is 17.4.